The molecule has 2 aliphatic rings. The Morgan fingerprint density at radius 2 is 2.00 bits per heavy atom. The van der Waals surface area contributed by atoms with Crippen molar-refractivity contribution in [2.24, 2.45) is 11.8 Å². The van der Waals surface area contributed by atoms with Crippen LogP contribution in [0.25, 0.3) is 0 Å². The molecule has 0 radical (unpaired) electrons. The summed E-state index contributed by atoms with van der Waals surface area (Å²) in [5.41, 5.74) is 1.23. The summed E-state index contributed by atoms with van der Waals surface area (Å²) in [5.74, 6) is 1.16. The Labute approximate surface area is 149 Å². The molecule has 2 aliphatic heterocycles. The van der Waals surface area contributed by atoms with Crippen LogP contribution in [0.3, 0.4) is 0 Å². The smallest absolute Gasteiger partial charge is 0.290 e. The fourth-order valence-corrected chi connectivity index (χ4v) is 3.62. The first-order valence-electron chi connectivity index (χ1n) is 8.82. The van der Waals surface area contributed by atoms with E-state index in [4.69, 9.17) is 14.6 Å². The van der Waals surface area contributed by atoms with E-state index < -0.39 is 0 Å². The number of piperidine rings is 1. The maximum Gasteiger partial charge on any atom is 0.290 e. The second-order valence-corrected chi connectivity index (χ2v) is 6.67. The lowest BCUT2D eigenvalue weighted by atomic mass is 9.88. The Bertz CT molecular complexity index is 537. The molecule has 1 N–H and O–H groups in total. The van der Waals surface area contributed by atoms with Gasteiger partial charge in [0.2, 0.25) is 5.91 Å². The summed E-state index contributed by atoms with van der Waals surface area (Å²) in [7, 11) is 1.93. The van der Waals surface area contributed by atoms with Crippen molar-refractivity contribution in [2.75, 3.05) is 39.8 Å². The highest BCUT2D eigenvalue weighted by molar-refractivity contribution is 5.80. The quantitative estimate of drug-likeness (QED) is 0.626. The summed E-state index contributed by atoms with van der Waals surface area (Å²) in [6, 6.07) is 10.3. The first-order valence-corrected chi connectivity index (χ1v) is 8.82. The molecule has 6 nitrogen and oxygen atoms in total. The highest BCUT2D eigenvalue weighted by Crippen LogP contribution is 2.31. The number of hydrogen-bond donors (Lipinski definition) is 1. The number of amides is 1. The van der Waals surface area contributed by atoms with Crippen LogP contribution in [-0.2, 0) is 20.9 Å². The minimum absolute atomic E-state index is 0.240. The molecular formula is C19H28N2O4. The molecule has 3 rings (SSSR count). The molecule has 1 aromatic carbocycles. The third-order valence-electron chi connectivity index (χ3n) is 4.92. The fourth-order valence-electron chi connectivity index (χ4n) is 3.62. The van der Waals surface area contributed by atoms with E-state index in [9.17, 15) is 4.79 Å². The number of ether oxygens (including phenoxy) is 1. The molecule has 6 heteroatoms. The molecule has 2 fully saturated rings. The minimum atomic E-state index is -0.250. The third kappa shape index (κ3) is 5.83. The molecule has 25 heavy (non-hydrogen) atoms. The lowest BCUT2D eigenvalue weighted by molar-refractivity contribution is -0.137. The average molecular weight is 348 g/mol. The average Bonchev–Trinajstić information content (AvgIpc) is 3.03. The van der Waals surface area contributed by atoms with Gasteiger partial charge in [0, 0.05) is 39.8 Å². The largest absolute Gasteiger partial charge is 0.483 e. The predicted molar refractivity (Wildman–Crippen MR) is 95.1 cm³/mol. The van der Waals surface area contributed by atoms with Crippen molar-refractivity contribution < 1.29 is 19.4 Å². The van der Waals surface area contributed by atoms with E-state index >= 15 is 0 Å². The Kier molecular flexibility index (Phi) is 7.88. The molecule has 0 spiro atoms. The summed E-state index contributed by atoms with van der Waals surface area (Å²) < 4.78 is 5.73. The zero-order valence-corrected chi connectivity index (χ0v) is 14.8. The number of benzene rings is 1. The predicted octanol–water partition coefficient (Wildman–Crippen LogP) is 1.70. The maximum atomic E-state index is 12.2. The van der Waals surface area contributed by atoms with Crippen molar-refractivity contribution in [3.05, 3.63) is 35.9 Å². The van der Waals surface area contributed by atoms with Gasteiger partial charge in [-0.05, 0) is 24.3 Å². The van der Waals surface area contributed by atoms with Crippen molar-refractivity contribution in [1.82, 2.24) is 9.80 Å². The van der Waals surface area contributed by atoms with Crippen LogP contribution in [0.2, 0.25) is 0 Å². The van der Waals surface area contributed by atoms with Crippen LogP contribution in [0.1, 0.15) is 18.4 Å². The van der Waals surface area contributed by atoms with Gasteiger partial charge in [-0.15, -0.1) is 0 Å². The number of fused-ring (bicyclic) bond motifs is 1. The second kappa shape index (κ2) is 10.2. The SMILES string of the molecule is CN1CC[C@@H]2CN(CCCOCc3ccccc3)C[C@@H]2C1=O.O=CO. The minimum Gasteiger partial charge on any atom is -0.483 e. The van der Waals surface area contributed by atoms with Crippen molar-refractivity contribution in [3.8, 4) is 0 Å². The highest BCUT2D eigenvalue weighted by atomic mass is 16.5. The van der Waals surface area contributed by atoms with Gasteiger partial charge in [-0.1, -0.05) is 30.3 Å². The molecule has 0 aromatic heterocycles. The van der Waals surface area contributed by atoms with E-state index in [-0.39, 0.29) is 12.4 Å². The summed E-state index contributed by atoms with van der Waals surface area (Å²) >= 11 is 0. The van der Waals surface area contributed by atoms with Crippen molar-refractivity contribution in [2.45, 2.75) is 19.4 Å². The monoisotopic (exact) mass is 348 g/mol. The van der Waals surface area contributed by atoms with E-state index in [1.807, 2.05) is 30.1 Å². The number of carbonyl (C=O) groups is 2. The maximum absolute atomic E-state index is 12.2. The lowest BCUT2D eigenvalue weighted by Gasteiger charge is -2.30. The molecule has 1 amide bonds. The molecule has 1 aromatic rings. The molecular weight excluding hydrogens is 320 g/mol. The zero-order valence-electron chi connectivity index (χ0n) is 14.8. The van der Waals surface area contributed by atoms with Gasteiger partial charge >= 0.3 is 0 Å². The molecule has 2 atom stereocenters. The van der Waals surface area contributed by atoms with Gasteiger partial charge < -0.3 is 19.6 Å². The van der Waals surface area contributed by atoms with Gasteiger partial charge in [-0.2, -0.15) is 0 Å². The van der Waals surface area contributed by atoms with Crippen molar-refractivity contribution >= 4 is 12.4 Å². The Morgan fingerprint density at radius 3 is 2.72 bits per heavy atom. The van der Waals surface area contributed by atoms with Gasteiger partial charge in [-0.25, -0.2) is 0 Å². The standard InChI is InChI=1S/C18H26N2O2.CH2O2/c1-19-10-8-16-12-20(13-17(16)18(19)21)9-5-11-22-14-15-6-3-2-4-7-15;2-1-3/h2-4,6-7,16-17H,5,8-14H2,1H3;1H,(H,2,3)/t16-,17+;/m1./s1. The van der Waals surface area contributed by atoms with E-state index in [0.29, 0.717) is 18.4 Å². The molecule has 138 valence electrons. The summed E-state index contributed by atoms with van der Waals surface area (Å²) in [5, 5.41) is 6.89. The van der Waals surface area contributed by atoms with Crippen LogP contribution in [0.15, 0.2) is 30.3 Å². The normalized spacial score (nSPS) is 22.9. The molecule has 0 unspecified atom stereocenters. The Balaban J connectivity index is 0.000000701. The van der Waals surface area contributed by atoms with Crippen LogP contribution in [0.5, 0.6) is 0 Å². The number of hydrogen-bond acceptors (Lipinski definition) is 4. The van der Waals surface area contributed by atoms with Crippen LogP contribution >= 0.6 is 0 Å². The number of rotatable bonds is 6. The number of carboxylic acid groups (broad SMARTS) is 1. The summed E-state index contributed by atoms with van der Waals surface area (Å²) in [6.45, 7) is 5.21. The van der Waals surface area contributed by atoms with E-state index in [1.165, 1.54) is 5.56 Å². The van der Waals surface area contributed by atoms with Gasteiger partial charge in [0.15, 0.2) is 0 Å². The molecule has 2 saturated heterocycles. The number of nitrogens with zero attached hydrogens (tertiary/aromatic N) is 2. The first-order chi connectivity index (χ1) is 12.2. The van der Waals surface area contributed by atoms with Crippen LogP contribution in [-0.4, -0.2) is 67.1 Å². The first kappa shape index (κ1) is 19.4. The van der Waals surface area contributed by atoms with Crippen LogP contribution < -0.4 is 0 Å². The van der Waals surface area contributed by atoms with E-state index in [2.05, 4.69) is 17.0 Å². The Morgan fingerprint density at radius 1 is 1.28 bits per heavy atom. The number of likely N-dealkylation sites (tertiary alicyclic amines) is 2. The Hall–Kier alpha value is -1.92. The topological polar surface area (TPSA) is 70.1 Å². The summed E-state index contributed by atoms with van der Waals surface area (Å²) in [6.07, 6.45) is 2.20. The van der Waals surface area contributed by atoms with Gasteiger partial charge in [-0.3, -0.25) is 9.59 Å². The number of carbonyl (C=O) groups excluding carboxylic acids is 1. The lowest BCUT2D eigenvalue weighted by Crippen LogP contribution is -2.42. The molecule has 0 aliphatic carbocycles. The third-order valence-corrected chi connectivity index (χ3v) is 4.92. The van der Waals surface area contributed by atoms with E-state index in [0.717, 1.165) is 45.6 Å². The highest BCUT2D eigenvalue weighted by Gasteiger charge is 2.41. The zero-order chi connectivity index (χ0) is 18.1. The molecule has 0 bridgehead atoms. The molecule has 2 heterocycles. The summed E-state index contributed by atoms with van der Waals surface area (Å²) in [4.78, 5) is 24.9. The van der Waals surface area contributed by atoms with Gasteiger partial charge in [0.25, 0.3) is 6.47 Å². The van der Waals surface area contributed by atoms with Gasteiger partial charge in [0.05, 0.1) is 12.5 Å². The molecule has 0 saturated carbocycles. The van der Waals surface area contributed by atoms with Crippen molar-refractivity contribution in [1.29, 1.82) is 0 Å². The van der Waals surface area contributed by atoms with Crippen molar-refractivity contribution in [3.63, 3.8) is 0 Å². The van der Waals surface area contributed by atoms with Crippen LogP contribution in [0, 0.1) is 11.8 Å². The van der Waals surface area contributed by atoms with Crippen LogP contribution in [0.4, 0.5) is 0 Å². The van der Waals surface area contributed by atoms with Gasteiger partial charge in [0.1, 0.15) is 0 Å². The fraction of sp³-hybridized carbons (Fsp3) is 0.579. The van der Waals surface area contributed by atoms with E-state index in [1.54, 1.807) is 0 Å². The second-order valence-electron chi connectivity index (χ2n) is 6.67.